The minimum Gasteiger partial charge on any atom is -0.467 e. The molecule has 2 aromatic carbocycles. The lowest BCUT2D eigenvalue weighted by Gasteiger charge is -2.26. The predicted octanol–water partition coefficient (Wildman–Crippen LogP) is 2.32. The molecule has 0 amide bonds. The smallest absolute Gasteiger partial charge is 0.322 e. The van der Waals surface area contributed by atoms with Gasteiger partial charge in [0.15, 0.2) is 0 Å². The number of anilines is 2. The number of benzene rings is 2. The van der Waals surface area contributed by atoms with Crippen molar-refractivity contribution in [1.29, 1.82) is 0 Å². The Balaban J connectivity index is 1.55. The molecule has 1 saturated heterocycles. The summed E-state index contributed by atoms with van der Waals surface area (Å²) in [4.78, 5) is 15.0. The molecule has 8 heteroatoms. The Bertz CT molecular complexity index is 951. The minimum absolute atomic E-state index is 0.245. The standard InChI is InChI=1S/C19H20N6O2/c1-26-19-22-17(21-18(23-19)25-9-11-27-12-10-25)24-20-13-15-7-4-6-14-5-2-3-8-16(14)15/h2-8,13H,9-12H2,1H3,(H,21,22,23,24). The molecule has 0 saturated carbocycles. The number of rotatable bonds is 5. The van der Waals surface area contributed by atoms with E-state index in [2.05, 4.69) is 43.7 Å². The van der Waals surface area contributed by atoms with Crippen molar-refractivity contribution in [3.63, 3.8) is 0 Å². The molecule has 1 fully saturated rings. The number of methoxy groups -OCH3 is 1. The Labute approximate surface area is 156 Å². The van der Waals surface area contributed by atoms with E-state index >= 15 is 0 Å². The van der Waals surface area contributed by atoms with E-state index in [9.17, 15) is 0 Å². The van der Waals surface area contributed by atoms with Crippen LogP contribution in [0.2, 0.25) is 0 Å². The number of nitrogens with zero attached hydrogens (tertiary/aromatic N) is 5. The van der Waals surface area contributed by atoms with Crippen molar-refractivity contribution in [3.8, 4) is 6.01 Å². The van der Waals surface area contributed by atoms with Gasteiger partial charge in [0.1, 0.15) is 0 Å². The van der Waals surface area contributed by atoms with E-state index in [0.717, 1.165) is 29.4 Å². The molecule has 8 nitrogen and oxygen atoms in total. The monoisotopic (exact) mass is 364 g/mol. The maximum Gasteiger partial charge on any atom is 0.322 e. The number of hydrazone groups is 1. The summed E-state index contributed by atoms with van der Waals surface area (Å²) in [7, 11) is 1.53. The molecular weight excluding hydrogens is 344 g/mol. The molecule has 1 aliphatic rings. The second-order valence-electron chi connectivity index (χ2n) is 5.98. The Hall–Kier alpha value is -3.26. The van der Waals surface area contributed by atoms with Crippen molar-refractivity contribution in [2.24, 2.45) is 5.10 Å². The molecule has 1 N–H and O–H groups in total. The van der Waals surface area contributed by atoms with Gasteiger partial charge in [-0.2, -0.15) is 20.1 Å². The molecule has 0 spiro atoms. The molecule has 2 heterocycles. The van der Waals surface area contributed by atoms with Crippen molar-refractivity contribution in [2.45, 2.75) is 0 Å². The number of ether oxygens (including phenoxy) is 2. The number of morpholine rings is 1. The third kappa shape index (κ3) is 3.95. The fraction of sp³-hybridized carbons (Fsp3) is 0.263. The van der Waals surface area contributed by atoms with Gasteiger partial charge in [0.2, 0.25) is 5.95 Å². The first-order chi connectivity index (χ1) is 13.3. The van der Waals surface area contributed by atoms with Gasteiger partial charge in [0.25, 0.3) is 5.95 Å². The lowest BCUT2D eigenvalue weighted by molar-refractivity contribution is 0.122. The van der Waals surface area contributed by atoms with Gasteiger partial charge < -0.3 is 14.4 Å². The largest absolute Gasteiger partial charge is 0.467 e. The van der Waals surface area contributed by atoms with E-state index in [-0.39, 0.29) is 6.01 Å². The molecule has 0 bridgehead atoms. The van der Waals surface area contributed by atoms with E-state index < -0.39 is 0 Å². The van der Waals surface area contributed by atoms with Crippen LogP contribution in [0.25, 0.3) is 10.8 Å². The van der Waals surface area contributed by atoms with Crippen molar-refractivity contribution < 1.29 is 9.47 Å². The highest BCUT2D eigenvalue weighted by Crippen LogP contribution is 2.18. The van der Waals surface area contributed by atoms with Crippen molar-refractivity contribution in [1.82, 2.24) is 15.0 Å². The lowest BCUT2D eigenvalue weighted by atomic mass is 10.1. The lowest BCUT2D eigenvalue weighted by Crippen LogP contribution is -2.37. The van der Waals surface area contributed by atoms with Gasteiger partial charge in [-0.15, -0.1) is 0 Å². The summed E-state index contributed by atoms with van der Waals surface area (Å²) >= 11 is 0. The second kappa shape index (κ2) is 7.96. The van der Waals surface area contributed by atoms with Crippen LogP contribution in [0.1, 0.15) is 5.56 Å². The SMILES string of the molecule is COc1nc(NN=Cc2cccc3ccccc23)nc(N2CCOCC2)n1. The first-order valence-electron chi connectivity index (χ1n) is 8.73. The second-order valence-corrected chi connectivity index (χ2v) is 5.98. The average molecular weight is 364 g/mol. The molecule has 27 heavy (non-hydrogen) atoms. The van der Waals surface area contributed by atoms with Crippen LogP contribution in [0.5, 0.6) is 6.01 Å². The van der Waals surface area contributed by atoms with Crippen LogP contribution in [-0.2, 0) is 4.74 Å². The highest BCUT2D eigenvalue weighted by molar-refractivity contribution is 5.99. The summed E-state index contributed by atoms with van der Waals surface area (Å²) in [5, 5.41) is 6.59. The van der Waals surface area contributed by atoms with Crippen LogP contribution in [0, 0.1) is 0 Å². The minimum atomic E-state index is 0.245. The Morgan fingerprint density at radius 3 is 2.74 bits per heavy atom. The van der Waals surface area contributed by atoms with E-state index in [1.807, 2.05) is 29.2 Å². The molecular formula is C19H20N6O2. The van der Waals surface area contributed by atoms with Crippen LogP contribution < -0.4 is 15.1 Å². The van der Waals surface area contributed by atoms with Crippen molar-refractivity contribution in [3.05, 3.63) is 48.0 Å². The first kappa shape index (κ1) is 17.2. The molecule has 1 aromatic heterocycles. The van der Waals surface area contributed by atoms with Gasteiger partial charge >= 0.3 is 6.01 Å². The van der Waals surface area contributed by atoms with E-state index in [1.165, 1.54) is 7.11 Å². The summed E-state index contributed by atoms with van der Waals surface area (Å²) in [5.41, 5.74) is 3.89. The molecule has 3 aromatic rings. The molecule has 0 atom stereocenters. The van der Waals surface area contributed by atoms with E-state index in [0.29, 0.717) is 25.1 Å². The molecule has 138 valence electrons. The highest BCUT2D eigenvalue weighted by atomic mass is 16.5. The molecule has 1 aliphatic heterocycles. The van der Waals surface area contributed by atoms with Gasteiger partial charge in [-0.25, -0.2) is 5.43 Å². The fourth-order valence-electron chi connectivity index (χ4n) is 2.91. The maximum absolute atomic E-state index is 5.37. The quantitative estimate of drug-likeness (QED) is 0.549. The number of hydrogen-bond acceptors (Lipinski definition) is 8. The third-order valence-corrected chi connectivity index (χ3v) is 4.27. The Morgan fingerprint density at radius 1 is 1.07 bits per heavy atom. The molecule has 0 radical (unpaired) electrons. The van der Waals surface area contributed by atoms with Gasteiger partial charge in [-0.05, 0) is 10.8 Å². The zero-order chi connectivity index (χ0) is 18.5. The summed E-state index contributed by atoms with van der Waals surface area (Å²) in [6, 6.07) is 14.5. The van der Waals surface area contributed by atoms with Crippen LogP contribution in [-0.4, -0.2) is 54.6 Å². The van der Waals surface area contributed by atoms with Crippen molar-refractivity contribution >= 4 is 28.9 Å². The molecule has 0 unspecified atom stereocenters. The summed E-state index contributed by atoms with van der Waals surface area (Å²) in [6.07, 6.45) is 1.76. The van der Waals surface area contributed by atoms with Crippen molar-refractivity contribution in [2.75, 3.05) is 43.7 Å². The molecule has 0 aliphatic carbocycles. The average Bonchev–Trinajstić information content (AvgIpc) is 2.74. The predicted molar refractivity (Wildman–Crippen MR) is 105 cm³/mol. The van der Waals surface area contributed by atoms with E-state index in [4.69, 9.17) is 9.47 Å². The van der Waals surface area contributed by atoms with Crippen LogP contribution >= 0.6 is 0 Å². The van der Waals surface area contributed by atoms with Crippen LogP contribution in [0.3, 0.4) is 0 Å². The van der Waals surface area contributed by atoms with Crippen LogP contribution in [0.4, 0.5) is 11.9 Å². The third-order valence-electron chi connectivity index (χ3n) is 4.27. The topological polar surface area (TPSA) is 84.8 Å². The fourth-order valence-corrected chi connectivity index (χ4v) is 2.91. The maximum atomic E-state index is 5.37. The van der Waals surface area contributed by atoms with Gasteiger partial charge in [-0.3, -0.25) is 0 Å². The van der Waals surface area contributed by atoms with E-state index in [1.54, 1.807) is 6.21 Å². The number of aromatic nitrogens is 3. The zero-order valence-corrected chi connectivity index (χ0v) is 15.0. The number of hydrogen-bond donors (Lipinski definition) is 1. The highest BCUT2D eigenvalue weighted by Gasteiger charge is 2.16. The summed E-state index contributed by atoms with van der Waals surface area (Å²) in [5.74, 6) is 0.882. The molecule has 4 rings (SSSR count). The zero-order valence-electron chi connectivity index (χ0n) is 15.0. The normalized spacial score (nSPS) is 14.6. The number of fused-ring (bicyclic) bond motifs is 1. The summed E-state index contributed by atoms with van der Waals surface area (Å²) < 4.78 is 10.6. The van der Waals surface area contributed by atoms with Gasteiger partial charge in [0, 0.05) is 18.7 Å². The van der Waals surface area contributed by atoms with Crippen LogP contribution in [0.15, 0.2) is 47.6 Å². The Morgan fingerprint density at radius 2 is 1.89 bits per heavy atom. The number of nitrogens with one attached hydrogen (secondary N) is 1. The Kier molecular flexibility index (Phi) is 5.06. The summed E-state index contributed by atoms with van der Waals surface area (Å²) in [6.45, 7) is 2.75. The first-order valence-corrected chi connectivity index (χ1v) is 8.73. The van der Waals surface area contributed by atoms with Gasteiger partial charge in [-0.1, -0.05) is 42.5 Å². The van der Waals surface area contributed by atoms with Gasteiger partial charge in [0.05, 0.1) is 26.5 Å².